The summed E-state index contributed by atoms with van der Waals surface area (Å²) in [6.07, 6.45) is 4.57. The van der Waals surface area contributed by atoms with Crippen LogP contribution in [-0.4, -0.2) is 29.1 Å². The quantitative estimate of drug-likeness (QED) is 0.716. The monoisotopic (exact) mass is 199 g/mol. The van der Waals surface area contributed by atoms with Gasteiger partial charge in [-0.2, -0.15) is 0 Å². The van der Waals surface area contributed by atoms with Gasteiger partial charge in [0.2, 0.25) is 0 Å². The van der Waals surface area contributed by atoms with Gasteiger partial charge in [-0.25, -0.2) is 0 Å². The molecule has 0 bridgehead atoms. The largest absolute Gasteiger partial charge is 0.393 e. The Kier molecular flexibility index (Phi) is 4.55. The second-order valence-corrected chi connectivity index (χ2v) is 4.48. The molecule has 1 heterocycles. The van der Waals surface area contributed by atoms with E-state index in [-0.39, 0.29) is 11.9 Å². The minimum absolute atomic E-state index is 0.247. The lowest BCUT2D eigenvalue weighted by atomic mass is 9.93. The molecule has 1 fully saturated rings. The number of rotatable bonds is 4. The van der Waals surface area contributed by atoms with Crippen molar-refractivity contribution in [2.24, 2.45) is 0 Å². The zero-order chi connectivity index (χ0) is 10.6. The van der Waals surface area contributed by atoms with Crippen molar-refractivity contribution in [2.75, 3.05) is 0 Å². The van der Waals surface area contributed by atoms with Crippen LogP contribution in [0.4, 0.5) is 0 Å². The predicted octanol–water partition coefficient (Wildman–Crippen LogP) is 1.25. The maximum atomic E-state index is 11.0. The van der Waals surface area contributed by atoms with Gasteiger partial charge in [-0.3, -0.25) is 4.79 Å². The molecular formula is C11H21NO2. The smallest absolute Gasteiger partial charge is 0.131 e. The lowest BCUT2D eigenvalue weighted by molar-refractivity contribution is -0.117. The lowest BCUT2D eigenvalue weighted by Gasteiger charge is -2.31. The minimum Gasteiger partial charge on any atom is -0.393 e. The number of ketones is 1. The first-order valence-electron chi connectivity index (χ1n) is 5.51. The fourth-order valence-corrected chi connectivity index (χ4v) is 2.22. The number of hydrogen-bond acceptors (Lipinski definition) is 3. The van der Waals surface area contributed by atoms with Crippen molar-refractivity contribution in [3.63, 3.8) is 0 Å². The van der Waals surface area contributed by atoms with Crippen LogP contribution in [0.5, 0.6) is 0 Å². The fraction of sp³-hybridized carbons (Fsp3) is 0.909. The Morgan fingerprint density at radius 3 is 2.71 bits per heavy atom. The van der Waals surface area contributed by atoms with Crippen molar-refractivity contribution in [2.45, 2.75) is 64.1 Å². The van der Waals surface area contributed by atoms with Crippen LogP contribution in [0.15, 0.2) is 0 Å². The summed E-state index contributed by atoms with van der Waals surface area (Å²) in [6, 6.07) is 0.734. The molecule has 14 heavy (non-hydrogen) atoms. The van der Waals surface area contributed by atoms with E-state index in [4.69, 9.17) is 0 Å². The highest BCUT2D eigenvalue weighted by molar-refractivity contribution is 5.76. The first-order chi connectivity index (χ1) is 6.58. The van der Waals surface area contributed by atoms with Gasteiger partial charge in [0.25, 0.3) is 0 Å². The van der Waals surface area contributed by atoms with Gasteiger partial charge in [-0.05, 0) is 33.1 Å². The first kappa shape index (κ1) is 11.7. The first-order valence-corrected chi connectivity index (χ1v) is 5.51. The van der Waals surface area contributed by atoms with Crippen molar-refractivity contribution in [1.29, 1.82) is 0 Å². The molecule has 1 aliphatic heterocycles. The molecule has 3 heteroatoms. The van der Waals surface area contributed by atoms with E-state index in [9.17, 15) is 9.90 Å². The average Bonchev–Trinajstić information content (AvgIpc) is 2.01. The number of aliphatic hydroxyl groups excluding tert-OH is 1. The van der Waals surface area contributed by atoms with Crippen molar-refractivity contribution < 1.29 is 9.90 Å². The summed E-state index contributed by atoms with van der Waals surface area (Å²) in [6.45, 7) is 3.45. The van der Waals surface area contributed by atoms with Crippen LogP contribution in [0, 0.1) is 0 Å². The van der Waals surface area contributed by atoms with Gasteiger partial charge in [-0.15, -0.1) is 0 Å². The Morgan fingerprint density at radius 2 is 2.14 bits per heavy atom. The van der Waals surface area contributed by atoms with Crippen LogP contribution < -0.4 is 5.32 Å². The Labute approximate surface area is 85.9 Å². The van der Waals surface area contributed by atoms with Crippen LogP contribution in [-0.2, 0) is 4.79 Å². The standard InChI is InChI=1S/C11H21NO2/c1-8(13)6-10-4-3-5-11(12-10)7-9(2)14/h8,10-13H,3-7H2,1-2H3. The summed E-state index contributed by atoms with van der Waals surface area (Å²) in [7, 11) is 0. The zero-order valence-electron chi connectivity index (χ0n) is 9.12. The highest BCUT2D eigenvalue weighted by atomic mass is 16.3. The summed E-state index contributed by atoms with van der Waals surface area (Å²) in [5.74, 6) is 0.250. The SMILES string of the molecule is CC(=O)CC1CCCC(CC(C)O)N1. The summed E-state index contributed by atoms with van der Waals surface area (Å²) in [5, 5.41) is 12.7. The number of nitrogens with one attached hydrogen (secondary N) is 1. The topological polar surface area (TPSA) is 49.3 Å². The summed E-state index contributed by atoms with van der Waals surface area (Å²) in [5.41, 5.74) is 0. The Hall–Kier alpha value is -0.410. The predicted molar refractivity (Wildman–Crippen MR) is 56.2 cm³/mol. The van der Waals surface area contributed by atoms with Crippen molar-refractivity contribution in [3.05, 3.63) is 0 Å². The van der Waals surface area contributed by atoms with E-state index in [0.29, 0.717) is 18.5 Å². The summed E-state index contributed by atoms with van der Waals surface area (Å²) < 4.78 is 0. The summed E-state index contributed by atoms with van der Waals surface area (Å²) in [4.78, 5) is 11.0. The molecule has 1 rings (SSSR count). The molecule has 3 nitrogen and oxygen atoms in total. The number of carbonyl (C=O) groups excluding carboxylic acids is 1. The van der Waals surface area contributed by atoms with Gasteiger partial charge in [-0.1, -0.05) is 6.42 Å². The van der Waals surface area contributed by atoms with E-state index >= 15 is 0 Å². The number of aliphatic hydroxyl groups is 1. The van der Waals surface area contributed by atoms with Gasteiger partial charge in [0, 0.05) is 18.5 Å². The molecule has 0 amide bonds. The van der Waals surface area contributed by atoms with Crippen molar-refractivity contribution in [3.8, 4) is 0 Å². The van der Waals surface area contributed by atoms with Gasteiger partial charge < -0.3 is 10.4 Å². The molecule has 0 aromatic carbocycles. The van der Waals surface area contributed by atoms with Crippen LogP contribution >= 0.6 is 0 Å². The maximum Gasteiger partial charge on any atom is 0.131 e. The van der Waals surface area contributed by atoms with Crippen LogP contribution in [0.25, 0.3) is 0 Å². The third-order valence-electron chi connectivity index (χ3n) is 2.74. The number of Topliss-reactive ketones (excluding diaryl/α,β-unsaturated/α-hetero) is 1. The fourth-order valence-electron chi connectivity index (χ4n) is 2.22. The zero-order valence-corrected chi connectivity index (χ0v) is 9.12. The Morgan fingerprint density at radius 1 is 1.50 bits per heavy atom. The van der Waals surface area contributed by atoms with Gasteiger partial charge in [0.15, 0.2) is 0 Å². The third-order valence-corrected chi connectivity index (χ3v) is 2.74. The van der Waals surface area contributed by atoms with E-state index in [1.807, 2.05) is 6.92 Å². The van der Waals surface area contributed by atoms with Crippen molar-refractivity contribution in [1.82, 2.24) is 5.32 Å². The Balaban J connectivity index is 2.32. The van der Waals surface area contributed by atoms with Crippen LogP contribution in [0.3, 0.4) is 0 Å². The molecule has 0 radical (unpaired) electrons. The second kappa shape index (κ2) is 5.47. The van der Waals surface area contributed by atoms with E-state index in [2.05, 4.69) is 5.32 Å². The molecule has 0 saturated carbocycles. The van der Waals surface area contributed by atoms with E-state index < -0.39 is 0 Å². The molecule has 0 aromatic heterocycles. The minimum atomic E-state index is -0.247. The Bertz CT molecular complexity index is 192. The highest BCUT2D eigenvalue weighted by Crippen LogP contribution is 2.18. The maximum absolute atomic E-state index is 11.0. The molecule has 2 N–H and O–H groups in total. The lowest BCUT2D eigenvalue weighted by Crippen LogP contribution is -2.44. The number of hydrogen-bond donors (Lipinski definition) is 2. The van der Waals surface area contributed by atoms with Crippen LogP contribution in [0.1, 0.15) is 46.0 Å². The molecule has 0 spiro atoms. The van der Waals surface area contributed by atoms with E-state index in [0.717, 1.165) is 19.3 Å². The highest BCUT2D eigenvalue weighted by Gasteiger charge is 2.22. The third kappa shape index (κ3) is 4.20. The molecule has 1 aliphatic rings. The second-order valence-electron chi connectivity index (χ2n) is 4.48. The number of carbonyl (C=O) groups is 1. The number of piperidine rings is 1. The van der Waals surface area contributed by atoms with Crippen LogP contribution in [0.2, 0.25) is 0 Å². The molecule has 3 unspecified atom stereocenters. The van der Waals surface area contributed by atoms with E-state index in [1.54, 1.807) is 6.92 Å². The normalized spacial score (nSPS) is 29.9. The molecule has 0 aromatic rings. The molecular weight excluding hydrogens is 178 g/mol. The van der Waals surface area contributed by atoms with Gasteiger partial charge in [0.05, 0.1) is 6.10 Å². The van der Waals surface area contributed by atoms with Gasteiger partial charge in [0.1, 0.15) is 5.78 Å². The average molecular weight is 199 g/mol. The molecule has 3 atom stereocenters. The summed E-state index contributed by atoms with van der Waals surface area (Å²) >= 11 is 0. The molecule has 1 saturated heterocycles. The molecule has 82 valence electrons. The van der Waals surface area contributed by atoms with Gasteiger partial charge >= 0.3 is 0 Å². The van der Waals surface area contributed by atoms with Crippen molar-refractivity contribution >= 4 is 5.78 Å². The molecule has 0 aliphatic carbocycles. The van der Waals surface area contributed by atoms with E-state index in [1.165, 1.54) is 6.42 Å².